The molecular formula is C15H23N3. The number of nitrogens with zero attached hydrogens (tertiary/aromatic N) is 2. The molecule has 2 fully saturated rings. The van der Waals surface area contributed by atoms with Gasteiger partial charge in [-0.05, 0) is 25.0 Å². The molecule has 2 aliphatic rings. The topological polar surface area (TPSA) is 18.5 Å². The molecule has 1 saturated heterocycles. The molecule has 0 atom stereocenters. The standard InChI is InChI=1S/C15H23N3/c1-2-4-14(5-3-1)16-8-9-17-10-12-18(13-11-17)15-6-7-15/h1-5,15-16H,6-13H2. The summed E-state index contributed by atoms with van der Waals surface area (Å²) in [4.78, 5) is 5.25. The summed E-state index contributed by atoms with van der Waals surface area (Å²) in [5.74, 6) is 0. The Morgan fingerprint density at radius 3 is 2.39 bits per heavy atom. The molecule has 1 heterocycles. The molecule has 1 saturated carbocycles. The predicted octanol–water partition coefficient (Wildman–Crippen LogP) is 1.88. The van der Waals surface area contributed by atoms with Gasteiger partial charge in [0.25, 0.3) is 0 Å². The second kappa shape index (κ2) is 5.72. The van der Waals surface area contributed by atoms with Crippen molar-refractivity contribution >= 4 is 5.69 Å². The average molecular weight is 245 g/mol. The van der Waals surface area contributed by atoms with Gasteiger partial charge in [-0.25, -0.2) is 0 Å². The number of para-hydroxylation sites is 1. The van der Waals surface area contributed by atoms with Crippen LogP contribution in [-0.2, 0) is 0 Å². The molecule has 0 amide bonds. The van der Waals surface area contributed by atoms with Crippen LogP contribution >= 0.6 is 0 Å². The van der Waals surface area contributed by atoms with Gasteiger partial charge in [-0.3, -0.25) is 9.80 Å². The first kappa shape index (κ1) is 12.0. The summed E-state index contributed by atoms with van der Waals surface area (Å²) in [6.45, 7) is 7.24. The van der Waals surface area contributed by atoms with Crippen molar-refractivity contribution in [3.05, 3.63) is 30.3 Å². The third-order valence-corrected chi connectivity index (χ3v) is 4.00. The zero-order chi connectivity index (χ0) is 12.2. The lowest BCUT2D eigenvalue weighted by Gasteiger charge is -2.34. The number of anilines is 1. The number of rotatable bonds is 5. The molecular weight excluding hydrogens is 222 g/mol. The predicted molar refractivity (Wildman–Crippen MR) is 76.0 cm³/mol. The highest BCUT2D eigenvalue weighted by atomic mass is 15.3. The van der Waals surface area contributed by atoms with Gasteiger partial charge in [-0.2, -0.15) is 0 Å². The van der Waals surface area contributed by atoms with Crippen molar-refractivity contribution in [1.82, 2.24) is 9.80 Å². The second-order valence-electron chi connectivity index (χ2n) is 5.40. The zero-order valence-corrected chi connectivity index (χ0v) is 11.0. The van der Waals surface area contributed by atoms with Crippen molar-refractivity contribution < 1.29 is 0 Å². The Hall–Kier alpha value is -1.06. The van der Waals surface area contributed by atoms with Gasteiger partial charge in [0.05, 0.1) is 0 Å². The van der Waals surface area contributed by atoms with Gasteiger partial charge >= 0.3 is 0 Å². The van der Waals surface area contributed by atoms with Crippen LogP contribution in [0.2, 0.25) is 0 Å². The van der Waals surface area contributed by atoms with Crippen LogP contribution < -0.4 is 5.32 Å². The Kier molecular flexibility index (Phi) is 3.81. The minimum absolute atomic E-state index is 0.939. The van der Waals surface area contributed by atoms with Gasteiger partial charge in [0.2, 0.25) is 0 Å². The zero-order valence-electron chi connectivity index (χ0n) is 11.0. The summed E-state index contributed by atoms with van der Waals surface area (Å²) >= 11 is 0. The number of hydrogen-bond acceptors (Lipinski definition) is 3. The maximum atomic E-state index is 3.48. The quantitative estimate of drug-likeness (QED) is 0.854. The lowest BCUT2D eigenvalue weighted by Crippen LogP contribution is -2.48. The van der Waals surface area contributed by atoms with Crippen LogP contribution in [0, 0.1) is 0 Å². The summed E-state index contributed by atoms with van der Waals surface area (Å²) in [5, 5.41) is 3.48. The van der Waals surface area contributed by atoms with E-state index in [1.54, 1.807) is 0 Å². The molecule has 0 radical (unpaired) electrons. The lowest BCUT2D eigenvalue weighted by atomic mass is 10.3. The van der Waals surface area contributed by atoms with Gasteiger partial charge < -0.3 is 5.32 Å². The number of piperazine rings is 1. The van der Waals surface area contributed by atoms with Crippen LogP contribution in [0.1, 0.15) is 12.8 Å². The molecule has 98 valence electrons. The first-order valence-electron chi connectivity index (χ1n) is 7.17. The first-order chi connectivity index (χ1) is 8.92. The maximum absolute atomic E-state index is 3.48. The van der Waals surface area contributed by atoms with Gasteiger partial charge in [0.1, 0.15) is 0 Å². The van der Waals surface area contributed by atoms with Gasteiger partial charge in [0.15, 0.2) is 0 Å². The Morgan fingerprint density at radius 1 is 1.00 bits per heavy atom. The van der Waals surface area contributed by atoms with Crippen LogP contribution in [0.15, 0.2) is 30.3 Å². The average Bonchev–Trinajstić information content (AvgIpc) is 3.25. The number of benzene rings is 1. The molecule has 1 aromatic rings. The van der Waals surface area contributed by atoms with E-state index in [1.807, 2.05) is 0 Å². The van der Waals surface area contributed by atoms with Crippen LogP contribution in [-0.4, -0.2) is 55.1 Å². The SMILES string of the molecule is c1ccc(NCCN2CCN(C3CC3)CC2)cc1. The van der Waals surface area contributed by atoms with E-state index in [2.05, 4.69) is 45.4 Å². The summed E-state index contributed by atoms with van der Waals surface area (Å²) in [7, 11) is 0. The van der Waals surface area contributed by atoms with E-state index in [0.29, 0.717) is 0 Å². The van der Waals surface area contributed by atoms with E-state index in [4.69, 9.17) is 0 Å². The fourth-order valence-corrected chi connectivity index (χ4v) is 2.71. The Balaban J connectivity index is 1.34. The summed E-state index contributed by atoms with van der Waals surface area (Å²) in [6.07, 6.45) is 2.88. The molecule has 1 aromatic carbocycles. The molecule has 0 unspecified atom stereocenters. The van der Waals surface area contributed by atoms with Crippen LogP contribution in [0.4, 0.5) is 5.69 Å². The van der Waals surface area contributed by atoms with Crippen molar-refractivity contribution in [3.63, 3.8) is 0 Å². The van der Waals surface area contributed by atoms with E-state index >= 15 is 0 Å². The van der Waals surface area contributed by atoms with E-state index < -0.39 is 0 Å². The molecule has 1 aliphatic heterocycles. The van der Waals surface area contributed by atoms with Gasteiger partial charge in [0, 0.05) is 51.0 Å². The smallest absolute Gasteiger partial charge is 0.0340 e. The van der Waals surface area contributed by atoms with Crippen molar-refractivity contribution in [2.24, 2.45) is 0 Å². The summed E-state index contributed by atoms with van der Waals surface area (Å²) < 4.78 is 0. The van der Waals surface area contributed by atoms with Crippen molar-refractivity contribution in [2.75, 3.05) is 44.6 Å². The van der Waals surface area contributed by atoms with Crippen molar-refractivity contribution in [3.8, 4) is 0 Å². The Bertz CT molecular complexity index is 353. The highest BCUT2D eigenvalue weighted by Crippen LogP contribution is 2.27. The number of hydrogen-bond donors (Lipinski definition) is 1. The fraction of sp³-hybridized carbons (Fsp3) is 0.600. The molecule has 3 heteroatoms. The Labute approximate surface area is 110 Å². The molecule has 0 bridgehead atoms. The van der Waals surface area contributed by atoms with E-state index in [1.165, 1.54) is 44.7 Å². The molecule has 3 rings (SSSR count). The highest BCUT2D eigenvalue weighted by molar-refractivity contribution is 5.42. The fourth-order valence-electron chi connectivity index (χ4n) is 2.71. The normalized spacial score (nSPS) is 22.0. The summed E-state index contributed by atoms with van der Waals surface area (Å²) in [5.41, 5.74) is 1.23. The third kappa shape index (κ3) is 3.24. The molecule has 3 nitrogen and oxygen atoms in total. The van der Waals surface area contributed by atoms with E-state index in [9.17, 15) is 0 Å². The molecule has 0 aromatic heterocycles. The molecule has 1 N–H and O–H groups in total. The minimum atomic E-state index is 0.939. The van der Waals surface area contributed by atoms with Crippen molar-refractivity contribution in [1.29, 1.82) is 0 Å². The third-order valence-electron chi connectivity index (χ3n) is 4.00. The van der Waals surface area contributed by atoms with Gasteiger partial charge in [-0.1, -0.05) is 18.2 Å². The van der Waals surface area contributed by atoms with E-state index in [-0.39, 0.29) is 0 Å². The largest absolute Gasteiger partial charge is 0.384 e. The van der Waals surface area contributed by atoms with Crippen LogP contribution in [0.3, 0.4) is 0 Å². The second-order valence-corrected chi connectivity index (χ2v) is 5.40. The minimum Gasteiger partial charge on any atom is -0.384 e. The number of nitrogens with one attached hydrogen (secondary N) is 1. The molecule has 1 aliphatic carbocycles. The maximum Gasteiger partial charge on any atom is 0.0340 e. The highest BCUT2D eigenvalue weighted by Gasteiger charge is 2.30. The molecule has 18 heavy (non-hydrogen) atoms. The van der Waals surface area contributed by atoms with E-state index in [0.717, 1.165) is 19.1 Å². The lowest BCUT2D eigenvalue weighted by molar-refractivity contribution is 0.130. The van der Waals surface area contributed by atoms with Crippen molar-refractivity contribution in [2.45, 2.75) is 18.9 Å². The van der Waals surface area contributed by atoms with Gasteiger partial charge in [-0.15, -0.1) is 0 Å². The van der Waals surface area contributed by atoms with Crippen LogP contribution in [0.25, 0.3) is 0 Å². The molecule has 0 spiro atoms. The first-order valence-corrected chi connectivity index (χ1v) is 7.17. The monoisotopic (exact) mass is 245 g/mol. The van der Waals surface area contributed by atoms with Crippen LogP contribution in [0.5, 0.6) is 0 Å². The Morgan fingerprint density at radius 2 is 1.72 bits per heavy atom. The summed E-state index contributed by atoms with van der Waals surface area (Å²) in [6, 6.07) is 11.4.